The van der Waals surface area contributed by atoms with E-state index in [9.17, 15) is 4.79 Å². The predicted molar refractivity (Wildman–Crippen MR) is 92.5 cm³/mol. The van der Waals surface area contributed by atoms with E-state index in [1.54, 1.807) is 12.2 Å². The van der Waals surface area contributed by atoms with Gasteiger partial charge in [0.1, 0.15) is 0 Å². The fraction of sp³-hybridized carbons (Fsp3) is 0.0500. The third-order valence-corrected chi connectivity index (χ3v) is 3.62. The molecule has 22 heavy (non-hydrogen) atoms. The van der Waals surface area contributed by atoms with Gasteiger partial charge in [-0.1, -0.05) is 48.6 Å². The molecule has 1 aliphatic heterocycles. The number of para-hydroxylation sites is 1. The van der Waals surface area contributed by atoms with Crippen molar-refractivity contribution in [2.75, 3.05) is 11.4 Å². The molecule has 0 aromatic heterocycles. The number of carbonyl (C=O) groups is 1. The number of hydrogen-bond acceptors (Lipinski definition) is 2. The van der Waals surface area contributed by atoms with Crippen LogP contribution in [0.25, 0.3) is 5.57 Å². The monoisotopic (exact) mass is 287 g/mol. The maximum absolute atomic E-state index is 11.1. The van der Waals surface area contributed by atoms with Gasteiger partial charge in [0, 0.05) is 24.0 Å². The van der Waals surface area contributed by atoms with Crippen molar-refractivity contribution in [3.8, 4) is 0 Å². The Morgan fingerprint density at radius 3 is 2.55 bits per heavy atom. The summed E-state index contributed by atoms with van der Waals surface area (Å²) in [4.78, 5) is 13.3. The molecule has 2 nitrogen and oxygen atoms in total. The van der Waals surface area contributed by atoms with Crippen molar-refractivity contribution in [1.29, 1.82) is 0 Å². The lowest BCUT2D eigenvalue weighted by atomic mass is 9.98. The van der Waals surface area contributed by atoms with E-state index in [0.29, 0.717) is 0 Å². The van der Waals surface area contributed by atoms with Crippen molar-refractivity contribution >= 4 is 17.0 Å². The third kappa shape index (κ3) is 2.91. The second kappa shape index (κ2) is 6.27. The van der Waals surface area contributed by atoms with E-state index < -0.39 is 0 Å². The van der Waals surface area contributed by atoms with E-state index in [4.69, 9.17) is 0 Å². The first-order valence-corrected chi connectivity index (χ1v) is 7.25. The van der Waals surface area contributed by atoms with Gasteiger partial charge in [0.05, 0.1) is 0 Å². The quantitative estimate of drug-likeness (QED) is 0.776. The lowest BCUT2D eigenvalue weighted by Gasteiger charge is -2.26. The molecule has 0 spiro atoms. The first-order valence-electron chi connectivity index (χ1n) is 7.25. The van der Waals surface area contributed by atoms with Gasteiger partial charge in [0.25, 0.3) is 0 Å². The number of fused-ring (bicyclic) bond motifs is 1. The summed E-state index contributed by atoms with van der Waals surface area (Å²) in [7, 11) is 0. The smallest absolute Gasteiger partial charge is 0.178 e. The van der Waals surface area contributed by atoms with Crippen LogP contribution >= 0.6 is 0 Å². The molecule has 2 heteroatoms. The van der Waals surface area contributed by atoms with Crippen molar-refractivity contribution in [2.45, 2.75) is 0 Å². The molecule has 0 atom stereocenters. The molecule has 0 radical (unpaired) electrons. The molecule has 1 aromatic rings. The van der Waals surface area contributed by atoms with Gasteiger partial charge in [-0.2, -0.15) is 0 Å². The van der Waals surface area contributed by atoms with Crippen LogP contribution in [0.3, 0.4) is 0 Å². The SMILES string of the molecule is C=CCN1C=CC(=CC=C2C=CC(=O)C=C2)c2ccccc21. The van der Waals surface area contributed by atoms with Crippen LogP contribution in [0.1, 0.15) is 5.56 Å². The summed E-state index contributed by atoms with van der Waals surface area (Å²) in [6.45, 7) is 4.60. The molecule has 3 rings (SSSR count). The molecular formula is C20H17NO. The standard InChI is InChI=1S/C20H17NO/c1-2-14-21-15-13-17(19-5-3-4-6-20(19)21)10-7-16-8-11-18(22)12-9-16/h2-13,15H,1,14H2. The Morgan fingerprint density at radius 2 is 1.77 bits per heavy atom. The minimum Gasteiger partial charge on any atom is -0.344 e. The normalized spacial score (nSPS) is 17.8. The number of rotatable bonds is 3. The average Bonchev–Trinajstić information content (AvgIpc) is 2.56. The summed E-state index contributed by atoms with van der Waals surface area (Å²) >= 11 is 0. The van der Waals surface area contributed by atoms with Crippen LogP contribution in [0.4, 0.5) is 5.69 Å². The molecule has 0 bridgehead atoms. The van der Waals surface area contributed by atoms with Crippen LogP contribution in [0, 0.1) is 0 Å². The largest absolute Gasteiger partial charge is 0.344 e. The van der Waals surface area contributed by atoms with Crippen LogP contribution in [-0.4, -0.2) is 12.3 Å². The van der Waals surface area contributed by atoms with E-state index in [1.165, 1.54) is 11.3 Å². The predicted octanol–water partition coefficient (Wildman–Crippen LogP) is 4.21. The van der Waals surface area contributed by atoms with Gasteiger partial charge in [-0.05, 0) is 35.4 Å². The van der Waals surface area contributed by atoms with Gasteiger partial charge < -0.3 is 4.90 Å². The molecule has 2 aliphatic rings. The molecule has 1 heterocycles. The number of benzene rings is 1. The minimum atomic E-state index is 0.0350. The summed E-state index contributed by atoms with van der Waals surface area (Å²) in [6, 6.07) is 8.32. The van der Waals surface area contributed by atoms with E-state index in [2.05, 4.69) is 42.0 Å². The highest BCUT2D eigenvalue weighted by atomic mass is 16.1. The number of allylic oxidation sites excluding steroid dienone is 9. The lowest BCUT2D eigenvalue weighted by molar-refractivity contribution is -0.110. The first-order chi connectivity index (χ1) is 10.8. The van der Waals surface area contributed by atoms with Crippen molar-refractivity contribution in [3.63, 3.8) is 0 Å². The molecule has 0 N–H and O–H groups in total. The average molecular weight is 287 g/mol. The van der Waals surface area contributed by atoms with Crippen molar-refractivity contribution < 1.29 is 4.79 Å². The highest BCUT2D eigenvalue weighted by Crippen LogP contribution is 2.32. The Bertz CT molecular complexity index is 742. The maximum Gasteiger partial charge on any atom is 0.178 e. The van der Waals surface area contributed by atoms with Gasteiger partial charge in [-0.3, -0.25) is 4.79 Å². The molecule has 0 fully saturated rings. The van der Waals surface area contributed by atoms with E-state index >= 15 is 0 Å². The number of ketones is 1. The number of hydrogen-bond donors (Lipinski definition) is 0. The molecule has 1 aliphatic carbocycles. The molecule has 0 saturated heterocycles. The van der Waals surface area contributed by atoms with Crippen molar-refractivity contribution in [3.05, 3.63) is 96.8 Å². The van der Waals surface area contributed by atoms with Gasteiger partial charge in [-0.25, -0.2) is 0 Å². The van der Waals surface area contributed by atoms with E-state index in [0.717, 1.165) is 17.7 Å². The summed E-state index contributed by atoms with van der Waals surface area (Å²) < 4.78 is 0. The third-order valence-electron chi connectivity index (χ3n) is 3.62. The number of nitrogens with zero attached hydrogens (tertiary/aromatic N) is 1. The summed E-state index contributed by atoms with van der Waals surface area (Å²) in [5, 5.41) is 0. The Morgan fingerprint density at radius 1 is 1.00 bits per heavy atom. The van der Waals surface area contributed by atoms with Crippen LogP contribution in [-0.2, 0) is 4.79 Å². The summed E-state index contributed by atoms with van der Waals surface area (Å²) in [5.41, 5.74) is 4.55. The minimum absolute atomic E-state index is 0.0350. The van der Waals surface area contributed by atoms with E-state index in [-0.39, 0.29) is 5.78 Å². The second-order valence-electron chi connectivity index (χ2n) is 5.13. The van der Waals surface area contributed by atoms with Crippen LogP contribution in [0.5, 0.6) is 0 Å². The second-order valence-corrected chi connectivity index (χ2v) is 5.13. The Balaban J connectivity index is 1.94. The highest BCUT2D eigenvalue weighted by molar-refractivity contribution is 6.01. The molecule has 108 valence electrons. The van der Waals surface area contributed by atoms with E-state index in [1.807, 2.05) is 36.4 Å². The molecule has 0 saturated carbocycles. The van der Waals surface area contributed by atoms with Gasteiger partial charge in [0.2, 0.25) is 0 Å². The zero-order valence-electron chi connectivity index (χ0n) is 12.3. The molecule has 0 amide bonds. The van der Waals surface area contributed by atoms with Crippen LogP contribution in [0.15, 0.2) is 91.2 Å². The molecular weight excluding hydrogens is 270 g/mol. The van der Waals surface area contributed by atoms with Crippen LogP contribution in [0.2, 0.25) is 0 Å². The Hall–Kier alpha value is -2.87. The van der Waals surface area contributed by atoms with Gasteiger partial charge >= 0.3 is 0 Å². The lowest BCUT2D eigenvalue weighted by Crippen LogP contribution is -2.19. The fourth-order valence-electron chi connectivity index (χ4n) is 2.52. The first kappa shape index (κ1) is 14.1. The number of anilines is 1. The number of carbonyl (C=O) groups excluding carboxylic acids is 1. The zero-order valence-corrected chi connectivity index (χ0v) is 12.3. The molecule has 0 unspecified atom stereocenters. The Labute approximate surface area is 130 Å². The van der Waals surface area contributed by atoms with Gasteiger partial charge in [0.15, 0.2) is 5.78 Å². The van der Waals surface area contributed by atoms with Gasteiger partial charge in [-0.15, -0.1) is 6.58 Å². The van der Waals surface area contributed by atoms with Crippen LogP contribution < -0.4 is 4.90 Å². The highest BCUT2D eigenvalue weighted by Gasteiger charge is 2.14. The summed E-state index contributed by atoms with van der Waals surface area (Å²) in [6.07, 6.45) is 17.0. The molecule has 1 aromatic carbocycles. The zero-order chi connectivity index (χ0) is 15.4. The summed E-state index contributed by atoms with van der Waals surface area (Å²) in [5.74, 6) is 0.0350. The topological polar surface area (TPSA) is 20.3 Å². The Kier molecular flexibility index (Phi) is 4.01. The van der Waals surface area contributed by atoms with Crippen molar-refractivity contribution in [1.82, 2.24) is 0 Å². The maximum atomic E-state index is 11.1. The fourth-order valence-corrected chi connectivity index (χ4v) is 2.52. The van der Waals surface area contributed by atoms with Crippen molar-refractivity contribution in [2.24, 2.45) is 0 Å².